The molecule has 4 heteroatoms. The van der Waals surface area contributed by atoms with Gasteiger partial charge >= 0.3 is 0 Å². The molecule has 0 unspecified atom stereocenters. The van der Waals surface area contributed by atoms with E-state index in [0.717, 1.165) is 14.7 Å². The zero-order valence-corrected chi connectivity index (χ0v) is 13.9. The van der Waals surface area contributed by atoms with Crippen LogP contribution >= 0.6 is 45.8 Å². The number of rotatable bonds is 3. The molecule has 98 valence electrons. The van der Waals surface area contributed by atoms with Gasteiger partial charge in [0.25, 0.3) is 0 Å². The zero-order chi connectivity index (χ0) is 14.0. The summed E-state index contributed by atoms with van der Waals surface area (Å²) in [6.45, 7) is 1.97. The van der Waals surface area contributed by atoms with E-state index in [0.29, 0.717) is 15.6 Å². The van der Waals surface area contributed by atoms with Crippen molar-refractivity contribution in [1.29, 1.82) is 0 Å². The van der Waals surface area contributed by atoms with Gasteiger partial charge in [-0.2, -0.15) is 0 Å². The molecule has 0 aromatic heterocycles. The number of hydrogen-bond acceptors (Lipinski definition) is 1. The number of hydrogen-bond donors (Lipinski definition) is 0. The molecule has 0 atom stereocenters. The molecule has 2 aromatic rings. The van der Waals surface area contributed by atoms with E-state index in [9.17, 15) is 4.79 Å². The van der Waals surface area contributed by atoms with Crippen LogP contribution in [0.1, 0.15) is 21.5 Å². The van der Waals surface area contributed by atoms with Crippen LogP contribution < -0.4 is 0 Å². The Hall–Kier alpha value is -0.580. The lowest BCUT2D eigenvalue weighted by atomic mass is 10.0. The van der Waals surface area contributed by atoms with Gasteiger partial charge in [-0.05, 0) is 58.8 Å². The summed E-state index contributed by atoms with van der Waals surface area (Å²) in [7, 11) is 0. The Bertz CT molecular complexity index is 638. The third-order valence-electron chi connectivity index (χ3n) is 2.80. The van der Waals surface area contributed by atoms with Gasteiger partial charge < -0.3 is 0 Å². The molecule has 1 nitrogen and oxygen atoms in total. The van der Waals surface area contributed by atoms with Crippen molar-refractivity contribution in [2.45, 2.75) is 13.3 Å². The van der Waals surface area contributed by atoms with Crippen molar-refractivity contribution in [2.24, 2.45) is 0 Å². The molecule has 0 N–H and O–H groups in total. The summed E-state index contributed by atoms with van der Waals surface area (Å²) < 4.78 is 0.934. The van der Waals surface area contributed by atoms with Gasteiger partial charge in [-0.15, -0.1) is 0 Å². The first-order valence-corrected chi connectivity index (χ1v) is 7.54. The van der Waals surface area contributed by atoms with E-state index in [2.05, 4.69) is 22.6 Å². The van der Waals surface area contributed by atoms with Crippen molar-refractivity contribution in [1.82, 2.24) is 0 Å². The standard InChI is InChI=1S/C15H11Cl2IO/c1-9-2-3-10(12(16)6-9)8-15(19)11-4-5-14(18)13(17)7-11/h2-7H,8H2,1H3. The molecule has 0 aliphatic rings. The predicted octanol–water partition coefficient (Wildman–Crippen LogP) is 5.33. The van der Waals surface area contributed by atoms with Crippen LogP contribution in [-0.4, -0.2) is 5.78 Å². The monoisotopic (exact) mass is 404 g/mol. The first kappa shape index (κ1) is 14.8. The highest BCUT2D eigenvalue weighted by Crippen LogP contribution is 2.23. The lowest BCUT2D eigenvalue weighted by Crippen LogP contribution is -2.04. The first-order chi connectivity index (χ1) is 8.97. The average molecular weight is 405 g/mol. The van der Waals surface area contributed by atoms with Gasteiger partial charge in [-0.3, -0.25) is 4.79 Å². The molecule has 0 bridgehead atoms. The van der Waals surface area contributed by atoms with Gasteiger partial charge in [0.05, 0.1) is 5.02 Å². The summed E-state index contributed by atoms with van der Waals surface area (Å²) in [5, 5.41) is 1.23. The van der Waals surface area contributed by atoms with Crippen molar-refractivity contribution in [2.75, 3.05) is 0 Å². The maximum absolute atomic E-state index is 12.2. The van der Waals surface area contributed by atoms with E-state index in [-0.39, 0.29) is 12.2 Å². The van der Waals surface area contributed by atoms with Crippen molar-refractivity contribution < 1.29 is 4.79 Å². The Kier molecular flexibility index (Phi) is 4.87. The zero-order valence-electron chi connectivity index (χ0n) is 10.2. The van der Waals surface area contributed by atoms with Gasteiger partial charge in [0, 0.05) is 20.6 Å². The van der Waals surface area contributed by atoms with Crippen LogP contribution in [0, 0.1) is 10.5 Å². The minimum atomic E-state index is 0.0176. The molecule has 0 fully saturated rings. The van der Waals surface area contributed by atoms with Crippen molar-refractivity contribution in [3.63, 3.8) is 0 Å². The van der Waals surface area contributed by atoms with E-state index >= 15 is 0 Å². The van der Waals surface area contributed by atoms with E-state index in [1.165, 1.54) is 0 Å². The molecular formula is C15H11Cl2IO. The smallest absolute Gasteiger partial charge is 0.167 e. The Balaban J connectivity index is 2.23. The van der Waals surface area contributed by atoms with Gasteiger partial charge in [0.1, 0.15) is 0 Å². The minimum Gasteiger partial charge on any atom is -0.294 e. The number of aryl methyl sites for hydroxylation is 1. The van der Waals surface area contributed by atoms with Gasteiger partial charge in [-0.25, -0.2) is 0 Å². The van der Waals surface area contributed by atoms with Crippen LogP contribution in [0.3, 0.4) is 0 Å². The molecule has 0 radical (unpaired) electrons. The lowest BCUT2D eigenvalue weighted by Gasteiger charge is -2.06. The fourth-order valence-electron chi connectivity index (χ4n) is 1.74. The summed E-state index contributed by atoms with van der Waals surface area (Å²) in [6, 6.07) is 11.0. The second-order valence-corrected chi connectivity index (χ2v) is 6.30. The average Bonchev–Trinajstić information content (AvgIpc) is 2.36. The van der Waals surface area contributed by atoms with E-state index in [4.69, 9.17) is 23.2 Å². The molecule has 19 heavy (non-hydrogen) atoms. The number of ketones is 1. The summed E-state index contributed by atoms with van der Waals surface area (Å²) in [4.78, 5) is 12.2. The molecule has 0 saturated heterocycles. The van der Waals surface area contributed by atoms with Crippen molar-refractivity contribution in [3.8, 4) is 0 Å². The van der Waals surface area contributed by atoms with Crippen molar-refractivity contribution >= 4 is 51.6 Å². The van der Waals surface area contributed by atoms with Crippen LogP contribution in [0.4, 0.5) is 0 Å². The van der Waals surface area contributed by atoms with Gasteiger partial charge in [0.2, 0.25) is 0 Å². The number of carbonyl (C=O) groups is 1. The maximum Gasteiger partial charge on any atom is 0.167 e. The van der Waals surface area contributed by atoms with Gasteiger partial charge in [-0.1, -0.05) is 41.4 Å². The second kappa shape index (κ2) is 6.25. The summed E-state index contributed by atoms with van der Waals surface area (Å²) in [5.41, 5.74) is 2.53. The largest absolute Gasteiger partial charge is 0.294 e. The number of benzene rings is 2. The first-order valence-electron chi connectivity index (χ1n) is 5.70. The van der Waals surface area contributed by atoms with E-state index < -0.39 is 0 Å². The summed E-state index contributed by atoms with van der Waals surface area (Å²) in [5.74, 6) is 0.0176. The van der Waals surface area contributed by atoms with E-state index in [1.807, 2.05) is 31.2 Å². The molecule has 0 aliphatic carbocycles. The molecule has 2 rings (SSSR count). The molecule has 0 aliphatic heterocycles. The topological polar surface area (TPSA) is 17.1 Å². The third kappa shape index (κ3) is 3.71. The number of Topliss-reactive ketones (excluding diaryl/α,β-unsaturated/α-hetero) is 1. The Morgan fingerprint density at radius 1 is 1.11 bits per heavy atom. The van der Waals surface area contributed by atoms with Crippen molar-refractivity contribution in [3.05, 3.63) is 66.7 Å². The Labute approximate surface area is 136 Å². The fraction of sp³-hybridized carbons (Fsp3) is 0.133. The van der Waals surface area contributed by atoms with Crippen LogP contribution in [0.2, 0.25) is 10.0 Å². The summed E-state index contributed by atoms with van der Waals surface area (Å²) in [6.07, 6.45) is 0.288. The highest BCUT2D eigenvalue weighted by Gasteiger charge is 2.11. The molecule has 0 saturated carbocycles. The molecule has 0 spiro atoms. The van der Waals surface area contributed by atoms with Crippen LogP contribution in [0.25, 0.3) is 0 Å². The molecular weight excluding hydrogens is 394 g/mol. The van der Waals surface area contributed by atoms with Crippen LogP contribution in [-0.2, 0) is 6.42 Å². The Morgan fingerprint density at radius 2 is 1.84 bits per heavy atom. The van der Waals surface area contributed by atoms with Crippen LogP contribution in [0.15, 0.2) is 36.4 Å². The fourth-order valence-corrected chi connectivity index (χ4v) is 2.56. The van der Waals surface area contributed by atoms with Gasteiger partial charge in [0.15, 0.2) is 5.78 Å². The quantitative estimate of drug-likeness (QED) is 0.499. The minimum absolute atomic E-state index is 0.0176. The summed E-state index contributed by atoms with van der Waals surface area (Å²) >= 11 is 14.3. The normalized spacial score (nSPS) is 10.5. The molecule has 0 heterocycles. The van der Waals surface area contributed by atoms with E-state index in [1.54, 1.807) is 12.1 Å². The lowest BCUT2D eigenvalue weighted by molar-refractivity contribution is 0.0993. The second-order valence-electron chi connectivity index (χ2n) is 4.32. The number of carbonyl (C=O) groups excluding carboxylic acids is 1. The molecule has 0 amide bonds. The molecule has 2 aromatic carbocycles. The Morgan fingerprint density at radius 3 is 2.47 bits per heavy atom. The maximum atomic E-state index is 12.2. The number of halogens is 3. The predicted molar refractivity (Wildman–Crippen MR) is 88.4 cm³/mol. The highest BCUT2D eigenvalue weighted by molar-refractivity contribution is 14.1. The third-order valence-corrected chi connectivity index (χ3v) is 4.73. The highest BCUT2D eigenvalue weighted by atomic mass is 127. The van der Waals surface area contributed by atoms with Crippen LogP contribution in [0.5, 0.6) is 0 Å². The SMILES string of the molecule is Cc1ccc(CC(=O)c2ccc(I)c(Cl)c2)c(Cl)c1.